The molecule has 0 spiro atoms. The number of carbonyl (C=O) groups is 1. The van der Waals surface area contributed by atoms with Crippen molar-refractivity contribution in [3.05, 3.63) is 42.2 Å². The summed E-state index contributed by atoms with van der Waals surface area (Å²) in [5.74, 6) is 0.579. The van der Waals surface area contributed by atoms with Crippen molar-refractivity contribution >= 4 is 5.91 Å². The van der Waals surface area contributed by atoms with Crippen LogP contribution in [0.15, 0.2) is 35.0 Å². The number of nitrogens with zero attached hydrogens (tertiary/aromatic N) is 2. The maximum atomic E-state index is 13.3. The van der Waals surface area contributed by atoms with Crippen molar-refractivity contribution < 1.29 is 13.6 Å². The van der Waals surface area contributed by atoms with Crippen LogP contribution in [0, 0.1) is 11.7 Å². The Morgan fingerprint density at radius 1 is 1.33 bits per heavy atom. The Balaban J connectivity index is 1.49. The molecule has 2 bridgehead atoms. The van der Waals surface area contributed by atoms with Crippen LogP contribution < -0.4 is 5.32 Å². The number of piperidine rings is 3. The number of hydrogen-bond acceptors (Lipinski definition) is 4. The van der Waals surface area contributed by atoms with Gasteiger partial charge in [0.05, 0.1) is 6.20 Å². The van der Waals surface area contributed by atoms with Gasteiger partial charge in [-0.3, -0.25) is 14.7 Å². The first-order valence-corrected chi connectivity index (χ1v) is 8.37. The monoisotopic (exact) mass is 329 g/mol. The molecular formula is C18H20FN3O2. The van der Waals surface area contributed by atoms with E-state index >= 15 is 0 Å². The van der Waals surface area contributed by atoms with E-state index in [0.29, 0.717) is 23.3 Å². The van der Waals surface area contributed by atoms with Gasteiger partial charge in [0, 0.05) is 23.8 Å². The topological polar surface area (TPSA) is 58.4 Å². The first kappa shape index (κ1) is 15.3. The minimum absolute atomic E-state index is 0.157. The molecule has 2 aromatic rings. The number of carbonyl (C=O) groups excluding carboxylic acids is 1. The summed E-state index contributed by atoms with van der Waals surface area (Å²) in [4.78, 5) is 18.8. The van der Waals surface area contributed by atoms with Crippen LogP contribution in [0.3, 0.4) is 0 Å². The summed E-state index contributed by atoms with van der Waals surface area (Å²) in [5, 5.41) is 3.13. The molecular weight excluding hydrogens is 309 g/mol. The molecule has 3 saturated heterocycles. The Bertz CT molecular complexity index is 750. The van der Waals surface area contributed by atoms with E-state index in [4.69, 9.17) is 4.42 Å². The standard InChI is InChI=1S/C18H20FN3O2/c1-11-17(12-4-6-22(11)7-5-12)21-18(23)16-3-2-15(24-16)13-8-14(19)10-20-9-13/h2-3,8-12,17H,4-7H2,1H3,(H,21,23). The lowest BCUT2D eigenvalue weighted by Crippen LogP contribution is -2.62. The average molecular weight is 329 g/mol. The van der Waals surface area contributed by atoms with Crippen molar-refractivity contribution in [3.8, 4) is 11.3 Å². The van der Waals surface area contributed by atoms with E-state index < -0.39 is 5.82 Å². The van der Waals surface area contributed by atoms with Crippen molar-refractivity contribution in [2.45, 2.75) is 31.8 Å². The molecule has 6 heteroatoms. The van der Waals surface area contributed by atoms with E-state index in [-0.39, 0.29) is 17.7 Å². The molecule has 0 aromatic carbocycles. The van der Waals surface area contributed by atoms with Gasteiger partial charge >= 0.3 is 0 Å². The van der Waals surface area contributed by atoms with Crippen LogP contribution in [0.4, 0.5) is 4.39 Å². The summed E-state index contributed by atoms with van der Waals surface area (Å²) in [6.45, 7) is 4.41. The maximum absolute atomic E-state index is 13.3. The Morgan fingerprint density at radius 2 is 2.12 bits per heavy atom. The molecule has 2 atom stereocenters. The second-order valence-corrected chi connectivity index (χ2v) is 6.67. The van der Waals surface area contributed by atoms with Gasteiger partial charge in [-0.1, -0.05) is 0 Å². The zero-order chi connectivity index (χ0) is 16.7. The molecule has 0 radical (unpaired) electrons. The van der Waals surface area contributed by atoms with Gasteiger partial charge in [0.1, 0.15) is 11.6 Å². The number of halogens is 1. The number of nitrogens with one attached hydrogen (secondary N) is 1. The molecule has 2 unspecified atom stereocenters. The zero-order valence-corrected chi connectivity index (χ0v) is 13.5. The second-order valence-electron chi connectivity index (χ2n) is 6.67. The number of aromatic nitrogens is 1. The fraction of sp³-hybridized carbons (Fsp3) is 0.444. The van der Waals surface area contributed by atoms with E-state index in [1.54, 1.807) is 12.1 Å². The summed E-state index contributed by atoms with van der Waals surface area (Å²) >= 11 is 0. The molecule has 3 aliphatic heterocycles. The highest BCUT2D eigenvalue weighted by Gasteiger charge is 2.40. The third-order valence-electron chi connectivity index (χ3n) is 5.29. The normalized spacial score (nSPS) is 28.8. The molecule has 1 amide bonds. The molecule has 5 heterocycles. The van der Waals surface area contributed by atoms with Gasteiger partial charge in [0.15, 0.2) is 5.76 Å². The fourth-order valence-electron chi connectivity index (χ4n) is 3.93. The fourth-order valence-corrected chi connectivity index (χ4v) is 3.93. The Labute approximate surface area is 139 Å². The highest BCUT2D eigenvalue weighted by Crippen LogP contribution is 2.32. The maximum Gasteiger partial charge on any atom is 0.287 e. The van der Waals surface area contributed by atoms with E-state index in [2.05, 4.69) is 22.1 Å². The molecule has 0 aliphatic carbocycles. The number of pyridine rings is 1. The highest BCUT2D eigenvalue weighted by molar-refractivity contribution is 5.92. The predicted octanol–water partition coefficient (Wildman–Crippen LogP) is 2.69. The van der Waals surface area contributed by atoms with E-state index in [1.807, 2.05) is 0 Å². The van der Waals surface area contributed by atoms with E-state index in [9.17, 15) is 9.18 Å². The third kappa shape index (κ3) is 2.71. The molecule has 2 aromatic heterocycles. The number of rotatable bonds is 3. The van der Waals surface area contributed by atoms with Crippen LogP contribution >= 0.6 is 0 Å². The number of amides is 1. The lowest BCUT2D eigenvalue weighted by Gasteiger charge is -2.49. The van der Waals surface area contributed by atoms with Crippen molar-refractivity contribution in [2.24, 2.45) is 5.92 Å². The molecule has 5 rings (SSSR count). The van der Waals surface area contributed by atoms with E-state index in [1.165, 1.54) is 12.3 Å². The van der Waals surface area contributed by atoms with Crippen LogP contribution in [0.5, 0.6) is 0 Å². The van der Waals surface area contributed by atoms with Crippen LogP contribution in [0.2, 0.25) is 0 Å². The van der Waals surface area contributed by atoms with Crippen molar-refractivity contribution in [2.75, 3.05) is 13.1 Å². The molecule has 126 valence electrons. The van der Waals surface area contributed by atoms with Gasteiger partial charge in [0.2, 0.25) is 0 Å². The van der Waals surface area contributed by atoms with Gasteiger partial charge in [0.25, 0.3) is 5.91 Å². The van der Waals surface area contributed by atoms with Gasteiger partial charge in [-0.15, -0.1) is 0 Å². The first-order chi connectivity index (χ1) is 11.6. The minimum atomic E-state index is -0.434. The minimum Gasteiger partial charge on any atom is -0.451 e. The summed E-state index contributed by atoms with van der Waals surface area (Å²) in [6, 6.07) is 5.14. The Kier molecular flexibility index (Phi) is 3.84. The van der Waals surface area contributed by atoms with E-state index in [0.717, 1.165) is 32.1 Å². The summed E-state index contributed by atoms with van der Waals surface area (Å²) < 4.78 is 18.9. The van der Waals surface area contributed by atoms with Crippen molar-refractivity contribution in [3.63, 3.8) is 0 Å². The van der Waals surface area contributed by atoms with Crippen LogP contribution in [0.1, 0.15) is 30.3 Å². The number of fused-ring (bicyclic) bond motifs is 3. The Morgan fingerprint density at radius 3 is 2.83 bits per heavy atom. The van der Waals surface area contributed by atoms with Crippen LogP contribution in [0.25, 0.3) is 11.3 Å². The number of hydrogen-bond donors (Lipinski definition) is 1. The SMILES string of the molecule is CC1C(NC(=O)c2ccc(-c3cncc(F)c3)o2)C2CCN1CC2. The third-order valence-corrected chi connectivity index (χ3v) is 5.29. The Hall–Kier alpha value is -2.21. The van der Waals surface area contributed by atoms with Crippen molar-refractivity contribution in [1.29, 1.82) is 0 Å². The quantitative estimate of drug-likeness (QED) is 0.941. The highest BCUT2D eigenvalue weighted by atomic mass is 19.1. The zero-order valence-electron chi connectivity index (χ0n) is 13.5. The lowest BCUT2D eigenvalue weighted by atomic mass is 9.79. The largest absolute Gasteiger partial charge is 0.451 e. The molecule has 24 heavy (non-hydrogen) atoms. The van der Waals surface area contributed by atoms with Gasteiger partial charge < -0.3 is 9.73 Å². The predicted molar refractivity (Wildman–Crippen MR) is 86.9 cm³/mol. The van der Waals surface area contributed by atoms with Gasteiger partial charge in [-0.05, 0) is 57.0 Å². The smallest absolute Gasteiger partial charge is 0.287 e. The molecule has 5 nitrogen and oxygen atoms in total. The van der Waals surface area contributed by atoms with Crippen LogP contribution in [-0.4, -0.2) is 41.0 Å². The van der Waals surface area contributed by atoms with Gasteiger partial charge in [-0.2, -0.15) is 0 Å². The van der Waals surface area contributed by atoms with Crippen LogP contribution in [-0.2, 0) is 0 Å². The molecule has 0 saturated carbocycles. The van der Waals surface area contributed by atoms with Gasteiger partial charge in [-0.25, -0.2) is 4.39 Å². The van der Waals surface area contributed by atoms with Crippen molar-refractivity contribution in [1.82, 2.24) is 15.2 Å². The summed E-state index contributed by atoms with van der Waals surface area (Å²) in [5.41, 5.74) is 0.519. The number of furan rings is 1. The molecule has 3 aliphatic rings. The molecule has 3 fully saturated rings. The summed E-state index contributed by atoms with van der Waals surface area (Å²) in [7, 11) is 0. The average Bonchev–Trinajstić information content (AvgIpc) is 3.09. The molecule has 1 N–H and O–H groups in total. The first-order valence-electron chi connectivity index (χ1n) is 8.37. The summed E-state index contributed by atoms with van der Waals surface area (Å²) in [6.07, 6.45) is 4.91. The lowest BCUT2D eigenvalue weighted by molar-refractivity contribution is 0.0211. The second kappa shape index (κ2) is 6.02.